The van der Waals surface area contributed by atoms with Crippen molar-refractivity contribution in [2.24, 2.45) is 5.92 Å². The van der Waals surface area contributed by atoms with E-state index in [1.165, 1.54) is 6.20 Å². The average Bonchev–Trinajstić information content (AvgIpc) is 3.06. The van der Waals surface area contributed by atoms with Crippen molar-refractivity contribution in [3.63, 3.8) is 0 Å². The summed E-state index contributed by atoms with van der Waals surface area (Å²) in [5.41, 5.74) is 0.574. The second-order valence-electron chi connectivity index (χ2n) is 7.06. The van der Waals surface area contributed by atoms with E-state index in [2.05, 4.69) is 10.2 Å². The molecule has 136 valence electrons. The van der Waals surface area contributed by atoms with E-state index in [0.29, 0.717) is 18.0 Å². The first kappa shape index (κ1) is 16.9. The first-order chi connectivity index (χ1) is 12.3. The number of hydrogen-bond donors (Lipinski definition) is 0. The number of carbonyl (C=O) groups is 1. The Morgan fingerprint density at radius 2 is 2.12 bits per heavy atom. The normalized spacial score (nSPS) is 30.2. The van der Waals surface area contributed by atoms with Crippen molar-refractivity contribution in [2.45, 2.75) is 43.9 Å². The van der Waals surface area contributed by atoms with Crippen LogP contribution in [-0.2, 0) is 14.2 Å². The van der Waals surface area contributed by atoms with Crippen molar-refractivity contribution < 1.29 is 19.0 Å². The molecule has 0 saturated carbocycles. The van der Waals surface area contributed by atoms with Crippen LogP contribution in [0.4, 0.5) is 0 Å². The maximum absolute atomic E-state index is 12.9. The number of amides is 1. The SMILES string of the molecule is O=C(c1ccnnc1)N1C[C@@H](OCC2CCOCC2)[C@@H]2OCCC[C@@H]21. The Labute approximate surface area is 147 Å². The van der Waals surface area contributed by atoms with Gasteiger partial charge < -0.3 is 19.1 Å². The van der Waals surface area contributed by atoms with Gasteiger partial charge in [-0.15, -0.1) is 0 Å². The molecule has 0 radical (unpaired) electrons. The molecule has 3 aliphatic rings. The lowest BCUT2D eigenvalue weighted by atomic mass is 10.0. The van der Waals surface area contributed by atoms with Crippen LogP contribution in [0, 0.1) is 5.92 Å². The molecule has 0 aliphatic carbocycles. The van der Waals surface area contributed by atoms with Crippen LogP contribution in [0.3, 0.4) is 0 Å². The third-order valence-electron chi connectivity index (χ3n) is 5.46. The zero-order valence-corrected chi connectivity index (χ0v) is 14.4. The molecule has 0 N–H and O–H groups in total. The van der Waals surface area contributed by atoms with Gasteiger partial charge in [0.1, 0.15) is 12.2 Å². The molecule has 7 heteroatoms. The molecular formula is C18H25N3O4. The number of likely N-dealkylation sites (tertiary alicyclic amines) is 1. The summed E-state index contributed by atoms with van der Waals surface area (Å²) in [5, 5.41) is 7.58. The summed E-state index contributed by atoms with van der Waals surface area (Å²) in [6.45, 7) is 3.69. The van der Waals surface area contributed by atoms with Crippen molar-refractivity contribution in [3.8, 4) is 0 Å². The van der Waals surface area contributed by atoms with Crippen LogP contribution in [0.2, 0.25) is 0 Å². The van der Waals surface area contributed by atoms with Crippen molar-refractivity contribution >= 4 is 5.91 Å². The van der Waals surface area contributed by atoms with Crippen LogP contribution in [0.15, 0.2) is 18.5 Å². The maximum Gasteiger partial charge on any atom is 0.255 e. The fraction of sp³-hybridized carbons (Fsp3) is 0.722. The fourth-order valence-electron chi connectivity index (χ4n) is 4.05. The van der Waals surface area contributed by atoms with Gasteiger partial charge in [0.25, 0.3) is 5.91 Å². The monoisotopic (exact) mass is 347 g/mol. The minimum Gasteiger partial charge on any atom is -0.381 e. The highest BCUT2D eigenvalue weighted by atomic mass is 16.5. The van der Waals surface area contributed by atoms with Gasteiger partial charge >= 0.3 is 0 Å². The van der Waals surface area contributed by atoms with E-state index < -0.39 is 0 Å². The largest absolute Gasteiger partial charge is 0.381 e. The lowest BCUT2D eigenvalue weighted by Gasteiger charge is -2.32. The molecule has 3 fully saturated rings. The van der Waals surface area contributed by atoms with E-state index in [1.54, 1.807) is 12.3 Å². The van der Waals surface area contributed by atoms with Crippen LogP contribution in [0.5, 0.6) is 0 Å². The summed E-state index contributed by atoms with van der Waals surface area (Å²) in [7, 11) is 0. The fourth-order valence-corrected chi connectivity index (χ4v) is 4.05. The lowest BCUT2D eigenvalue weighted by Crippen LogP contribution is -2.44. The van der Waals surface area contributed by atoms with Gasteiger partial charge in [0.05, 0.1) is 37.2 Å². The molecule has 3 saturated heterocycles. The van der Waals surface area contributed by atoms with Crippen molar-refractivity contribution in [3.05, 3.63) is 24.0 Å². The summed E-state index contributed by atoms with van der Waals surface area (Å²) in [6, 6.07) is 1.80. The first-order valence-corrected chi connectivity index (χ1v) is 9.21. The number of nitrogens with zero attached hydrogens (tertiary/aromatic N) is 3. The van der Waals surface area contributed by atoms with E-state index in [4.69, 9.17) is 14.2 Å². The molecule has 4 heterocycles. The van der Waals surface area contributed by atoms with Gasteiger partial charge in [-0.3, -0.25) is 4.79 Å². The Bertz CT molecular complexity index is 579. The first-order valence-electron chi connectivity index (χ1n) is 9.21. The number of fused-ring (bicyclic) bond motifs is 1. The zero-order valence-electron chi connectivity index (χ0n) is 14.4. The third-order valence-corrected chi connectivity index (χ3v) is 5.46. The highest BCUT2D eigenvalue weighted by Gasteiger charge is 2.47. The lowest BCUT2D eigenvalue weighted by molar-refractivity contribution is -0.0886. The average molecular weight is 347 g/mol. The van der Waals surface area contributed by atoms with Gasteiger partial charge in [0.15, 0.2) is 0 Å². The van der Waals surface area contributed by atoms with E-state index in [9.17, 15) is 4.79 Å². The third kappa shape index (κ3) is 3.68. The summed E-state index contributed by atoms with van der Waals surface area (Å²) in [5.74, 6) is 0.539. The van der Waals surface area contributed by atoms with Gasteiger partial charge in [0, 0.05) is 19.8 Å². The number of carbonyl (C=O) groups excluding carboxylic acids is 1. The van der Waals surface area contributed by atoms with Gasteiger partial charge in [-0.1, -0.05) is 0 Å². The molecule has 3 aliphatic heterocycles. The number of rotatable bonds is 4. The smallest absolute Gasteiger partial charge is 0.255 e. The van der Waals surface area contributed by atoms with Gasteiger partial charge in [-0.2, -0.15) is 10.2 Å². The Kier molecular flexibility index (Phi) is 5.24. The predicted octanol–water partition coefficient (Wildman–Crippen LogP) is 1.29. The van der Waals surface area contributed by atoms with E-state index in [1.807, 2.05) is 4.90 Å². The van der Waals surface area contributed by atoms with Gasteiger partial charge in [0.2, 0.25) is 0 Å². The van der Waals surface area contributed by atoms with Crippen LogP contribution < -0.4 is 0 Å². The molecule has 0 spiro atoms. The Morgan fingerprint density at radius 3 is 2.92 bits per heavy atom. The number of aromatic nitrogens is 2. The van der Waals surface area contributed by atoms with Crippen LogP contribution >= 0.6 is 0 Å². The molecule has 1 aromatic rings. The van der Waals surface area contributed by atoms with Crippen molar-refractivity contribution in [2.75, 3.05) is 33.0 Å². The second-order valence-corrected chi connectivity index (χ2v) is 7.06. The molecule has 1 aromatic heterocycles. The maximum atomic E-state index is 12.9. The van der Waals surface area contributed by atoms with Crippen LogP contribution in [0.1, 0.15) is 36.0 Å². The topological polar surface area (TPSA) is 73.8 Å². The highest BCUT2D eigenvalue weighted by Crippen LogP contribution is 2.32. The molecule has 4 rings (SSSR count). The predicted molar refractivity (Wildman–Crippen MR) is 89.1 cm³/mol. The van der Waals surface area contributed by atoms with Crippen molar-refractivity contribution in [1.82, 2.24) is 15.1 Å². The molecule has 0 bridgehead atoms. The standard InChI is InChI=1S/C18H25N3O4/c22-18(14-3-6-19-20-10-14)21-11-16(17-15(21)2-1-7-24-17)25-12-13-4-8-23-9-5-13/h3,6,10,13,15-17H,1-2,4-5,7-9,11-12H2/t15-,16+,17+/m0/s1. The van der Waals surface area contributed by atoms with Gasteiger partial charge in [-0.05, 0) is 37.7 Å². The Hall–Kier alpha value is -1.57. The van der Waals surface area contributed by atoms with Gasteiger partial charge in [-0.25, -0.2) is 0 Å². The highest BCUT2D eigenvalue weighted by molar-refractivity contribution is 5.94. The number of ether oxygens (including phenoxy) is 3. The summed E-state index contributed by atoms with van der Waals surface area (Å²) >= 11 is 0. The zero-order chi connectivity index (χ0) is 17.1. The van der Waals surface area contributed by atoms with Crippen molar-refractivity contribution in [1.29, 1.82) is 0 Å². The Balaban J connectivity index is 1.43. The second kappa shape index (κ2) is 7.76. The Morgan fingerprint density at radius 1 is 1.24 bits per heavy atom. The molecule has 7 nitrogen and oxygen atoms in total. The molecule has 25 heavy (non-hydrogen) atoms. The molecule has 0 aromatic carbocycles. The molecule has 1 amide bonds. The minimum absolute atomic E-state index is 0.00688. The molecule has 0 unspecified atom stereocenters. The van der Waals surface area contributed by atoms with Crippen LogP contribution in [-0.4, -0.2) is 72.2 Å². The molecular weight excluding hydrogens is 322 g/mol. The molecule has 3 atom stereocenters. The van der Waals surface area contributed by atoms with E-state index >= 15 is 0 Å². The number of hydrogen-bond acceptors (Lipinski definition) is 6. The summed E-state index contributed by atoms with van der Waals surface area (Å²) in [4.78, 5) is 14.8. The van der Waals surface area contributed by atoms with E-state index in [0.717, 1.165) is 52.1 Å². The minimum atomic E-state index is -0.0492. The quantitative estimate of drug-likeness (QED) is 0.817. The van der Waals surface area contributed by atoms with E-state index in [-0.39, 0.29) is 24.2 Å². The summed E-state index contributed by atoms with van der Waals surface area (Å²) < 4.78 is 17.6. The van der Waals surface area contributed by atoms with Crippen LogP contribution in [0.25, 0.3) is 0 Å². The summed E-state index contributed by atoms with van der Waals surface area (Å²) in [6.07, 6.45) is 7.05.